The van der Waals surface area contributed by atoms with Crippen molar-refractivity contribution in [3.8, 4) is 5.75 Å². The van der Waals surface area contributed by atoms with Crippen molar-refractivity contribution in [2.24, 2.45) is 0 Å². The van der Waals surface area contributed by atoms with Crippen LogP contribution in [0.1, 0.15) is 28.4 Å². The van der Waals surface area contributed by atoms with Gasteiger partial charge in [-0.3, -0.25) is 14.5 Å². The van der Waals surface area contributed by atoms with Gasteiger partial charge >= 0.3 is 5.97 Å². The summed E-state index contributed by atoms with van der Waals surface area (Å²) in [6, 6.07) is 13.5. The van der Waals surface area contributed by atoms with Gasteiger partial charge < -0.3 is 9.84 Å². The zero-order valence-electron chi connectivity index (χ0n) is 14.5. The molecule has 1 saturated heterocycles. The maximum atomic E-state index is 12.6. The quantitative estimate of drug-likeness (QED) is 0.759. The smallest absolute Gasteiger partial charge is 0.336 e. The van der Waals surface area contributed by atoms with Crippen LogP contribution in [0.15, 0.2) is 53.4 Å². The Morgan fingerprint density at radius 3 is 2.52 bits per heavy atom. The molecule has 3 rings (SSSR count). The van der Waals surface area contributed by atoms with Crippen molar-refractivity contribution in [1.29, 1.82) is 0 Å². The number of nitrogens with zero attached hydrogens (tertiary/aromatic N) is 1. The Hall–Kier alpha value is -3.06. The number of hydrogen-bond acceptors (Lipinski definition) is 5. The Kier molecular flexibility index (Phi) is 5.61. The van der Waals surface area contributed by atoms with Crippen LogP contribution in [0.4, 0.5) is 4.79 Å². The average Bonchev–Trinajstić information content (AvgIpc) is 2.91. The van der Waals surface area contributed by atoms with Gasteiger partial charge in [-0.05, 0) is 54.1 Å². The molecule has 0 saturated carbocycles. The van der Waals surface area contributed by atoms with Crippen LogP contribution in [0.5, 0.6) is 5.75 Å². The molecule has 6 nitrogen and oxygen atoms in total. The molecule has 138 valence electrons. The second-order valence-electron chi connectivity index (χ2n) is 5.73. The molecule has 1 aliphatic heterocycles. The first-order valence-corrected chi connectivity index (χ1v) is 9.10. The molecule has 0 aliphatic carbocycles. The Balaban J connectivity index is 1.80. The normalized spacial score (nSPS) is 15.4. The molecule has 27 heavy (non-hydrogen) atoms. The van der Waals surface area contributed by atoms with Gasteiger partial charge in [-0.25, -0.2) is 4.79 Å². The monoisotopic (exact) mass is 383 g/mol. The number of benzene rings is 2. The zero-order chi connectivity index (χ0) is 19.4. The van der Waals surface area contributed by atoms with Crippen LogP contribution in [-0.2, 0) is 11.3 Å². The number of aromatic carboxylic acids is 1. The third-order valence-electron chi connectivity index (χ3n) is 3.94. The van der Waals surface area contributed by atoms with E-state index in [1.165, 1.54) is 6.07 Å². The highest BCUT2D eigenvalue weighted by Gasteiger charge is 2.35. The summed E-state index contributed by atoms with van der Waals surface area (Å²) in [5.74, 6) is -0.797. The molecule has 0 spiro atoms. The van der Waals surface area contributed by atoms with Crippen LogP contribution < -0.4 is 4.74 Å². The van der Waals surface area contributed by atoms with Crippen molar-refractivity contribution < 1.29 is 24.2 Å². The molecule has 0 unspecified atom stereocenters. The molecular weight excluding hydrogens is 366 g/mol. The molecule has 0 radical (unpaired) electrons. The van der Waals surface area contributed by atoms with E-state index in [1.807, 2.05) is 6.92 Å². The van der Waals surface area contributed by atoms with Gasteiger partial charge in [0.05, 0.1) is 23.6 Å². The van der Waals surface area contributed by atoms with Gasteiger partial charge in [-0.1, -0.05) is 30.3 Å². The van der Waals surface area contributed by atoms with E-state index in [-0.39, 0.29) is 12.1 Å². The minimum absolute atomic E-state index is 0.0756. The molecule has 1 aliphatic rings. The molecule has 2 aromatic rings. The number of ether oxygens (including phenoxy) is 1. The van der Waals surface area contributed by atoms with E-state index in [9.17, 15) is 19.5 Å². The van der Waals surface area contributed by atoms with Gasteiger partial charge in [0.15, 0.2) is 0 Å². The van der Waals surface area contributed by atoms with E-state index in [1.54, 1.807) is 48.5 Å². The van der Waals surface area contributed by atoms with Crippen molar-refractivity contribution in [2.75, 3.05) is 6.61 Å². The van der Waals surface area contributed by atoms with Crippen LogP contribution in [0, 0.1) is 0 Å². The summed E-state index contributed by atoms with van der Waals surface area (Å²) in [5.41, 5.74) is 1.26. The number of imide groups is 1. The predicted octanol–water partition coefficient (Wildman–Crippen LogP) is 4.02. The number of carbonyl (C=O) groups is 3. The highest BCUT2D eigenvalue weighted by atomic mass is 32.2. The third kappa shape index (κ3) is 4.20. The lowest BCUT2D eigenvalue weighted by molar-refractivity contribution is -0.123. The average molecular weight is 383 g/mol. The number of hydrogen-bond donors (Lipinski definition) is 1. The molecule has 0 atom stereocenters. The summed E-state index contributed by atoms with van der Waals surface area (Å²) in [6.07, 6.45) is 1.64. The molecule has 1 fully saturated rings. The van der Waals surface area contributed by atoms with Gasteiger partial charge in [0, 0.05) is 0 Å². The van der Waals surface area contributed by atoms with E-state index in [0.29, 0.717) is 17.1 Å². The number of carboxylic acids is 1. The fraction of sp³-hybridized carbons (Fsp3) is 0.150. The fourth-order valence-electron chi connectivity index (χ4n) is 2.65. The first-order valence-electron chi connectivity index (χ1n) is 8.29. The van der Waals surface area contributed by atoms with Crippen LogP contribution in [0.2, 0.25) is 0 Å². The summed E-state index contributed by atoms with van der Waals surface area (Å²) in [4.78, 5) is 37.6. The van der Waals surface area contributed by atoms with Crippen molar-refractivity contribution in [2.45, 2.75) is 13.5 Å². The van der Waals surface area contributed by atoms with Crippen molar-refractivity contribution in [3.05, 3.63) is 70.1 Å². The highest BCUT2D eigenvalue weighted by molar-refractivity contribution is 8.18. The largest absolute Gasteiger partial charge is 0.494 e. The minimum Gasteiger partial charge on any atom is -0.494 e. The van der Waals surface area contributed by atoms with Gasteiger partial charge in [0.25, 0.3) is 11.1 Å². The van der Waals surface area contributed by atoms with E-state index in [4.69, 9.17) is 4.74 Å². The molecule has 0 aromatic heterocycles. The summed E-state index contributed by atoms with van der Waals surface area (Å²) in [5, 5.41) is 8.84. The molecule has 2 amide bonds. The summed E-state index contributed by atoms with van der Waals surface area (Å²) in [6.45, 7) is 2.39. The van der Waals surface area contributed by atoms with Crippen LogP contribution in [0.25, 0.3) is 6.08 Å². The van der Waals surface area contributed by atoms with E-state index < -0.39 is 17.1 Å². The summed E-state index contributed by atoms with van der Waals surface area (Å²) in [7, 11) is 0. The van der Waals surface area contributed by atoms with Crippen LogP contribution >= 0.6 is 11.8 Å². The Labute approximate surface area is 160 Å². The number of amides is 2. The lowest BCUT2D eigenvalue weighted by atomic mass is 10.1. The minimum atomic E-state index is -1.09. The van der Waals surface area contributed by atoms with Crippen molar-refractivity contribution >= 4 is 35.0 Å². The van der Waals surface area contributed by atoms with Gasteiger partial charge in [0.2, 0.25) is 0 Å². The molecule has 0 bridgehead atoms. The lowest BCUT2D eigenvalue weighted by Crippen LogP contribution is -2.28. The van der Waals surface area contributed by atoms with Gasteiger partial charge in [-0.2, -0.15) is 0 Å². The van der Waals surface area contributed by atoms with Gasteiger partial charge in [0.1, 0.15) is 5.75 Å². The van der Waals surface area contributed by atoms with Crippen molar-refractivity contribution in [3.63, 3.8) is 0 Å². The number of thioether (sulfide) groups is 1. The zero-order valence-corrected chi connectivity index (χ0v) is 15.4. The van der Waals surface area contributed by atoms with Gasteiger partial charge in [-0.15, -0.1) is 0 Å². The first kappa shape index (κ1) is 18.7. The number of carbonyl (C=O) groups excluding carboxylic acids is 2. The Bertz CT molecular complexity index is 920. The van der Waals surface area contributed by atoms with Crippen LogP contribution in [-0.4, -0.2) is 33.7 Å². The Morgan fingerprint density at radius 1 is 1.15 bits per heavy atom. The molecule has 1 heterocycles. The first-order chi connectivity index (χ1) is 13.0. The fourth-order valence-corrected chi connectivity index (χ4v) is 3.49. The molecular formula is C20H17NO5S. The maximum Gasteiger partial charge on any atom is 0.336 e. The maximum absolute atomic E-state index is 12.6. The van der Waals surface area contributed by atoms with E-state index in [0.717, 1.165) is 28.0 Å². The predicted molar refractivity (Wildman–Crippen MR) is 103 cm³/mol. The second-order valence-corrected chi connectivity index (χ2v) is 6.73. The third-order valence-corrected chi connectivity index (χ3v) is 4.85. The summed E-state index contributed by atoms with van der Waals surface area (Å²) < 4.78 is 5.38. The number of rotatable bonds is 6. The Morgan fingerprint density at radius 2 is 1.85 bits per heavy atom. The number of carboxylic acid groups (broad SMARTS) is 1. The van der Waals surface area contributed by atoms with Crippen LogP contribution in [0.3, 0.4) is 0 Å². The highest BCUT2D eigenvalue weighted by Crippen LogP contribution is 2.33. The summed E-state index contributed by atoms with van der Waals surface area (Å²) >= 11 is 0.844. The second kappa shape index (κ2) is 8.09. The van der Waals surface area contributed by atoms with E-state index in [2.05, 4.69) is 0 Å². The van der Waals surface area contributed by atoms with Crippen molar-refractivity contribution in [1.82, 2.24) is 4.90 Å². The molecule has 1 N–H and O–H groups in total. The standard InChI is InChI=1S/C20H17NO5S/c1-2-26-15-9-7-13(8-10-15)11-17-18(22)21(20(25)27-17)12-14-5-3-4-6-16(14)19(23)24/h3-11H,2,12H2,1H3,(H,23,24)/b17-11-. The lowest BCUT2D eigenvalue weighted by Gasteiger charge is -2.14. The molecule has 7 heteroatoms. The topological polar surface area (TPSA) is 83.9 Å². The van der Waals surface area contributed by atoms with E-state index >= 15 is 0 Å². The molecule has 2 aromatic carbocycles. The SMILES string of the molecule is CCOc1ccc(/C=C2\SC(=O)N(Cc3ccccc3C(=O)O)C2=O)cc1.